The second kappa shape index (κ2) is 4.94. The molecule has 0 aromatic heterocycles. The molecule has 0 aliphatic rings. The molecular formula is C10H10N2O. The minimum absolute atomic E-state index is 0.634. The van der Waals surface area contributed by atoms with E-state index in [-0.39, 0.29) is 0 Å². The summed E-state index contributed by atoms with van der Waals surface area (Å²) < 4.78 is 0. The number of carbonyl (C=O) groups excluding carboxylic acids is 1. The third-order valence-corrected chi connectivity index (χ3v) is 1.72. The van der Waals surface area contributed by atoms with Gasteiger partial charge in [0.2, 0.25) is 6.41 Å². The van der Waals surface area contributed by atoms with Crippen molar-refractivity contribution in [2.24, 2.45) is 0 Å². The molecule has 1 aromatic rings. The highest BCUT2D eigenvalue weighted by molar-refractivity contribution is 5.45. The summed E-state index contributed by atoms with van der Waals surface area (Å²) in [6.07, 6.45) is 1.48. The molecule has 1 aromatic carbocycles. The fourth-order valence-electron chi connectivity index (χ4n) is 1.02. The van der Waals surface area contributed by atoms with E-state index in [2.05, 4.69) is 5.32 Å². The molecule has 0 aliphatic heterocycles. The van der Waals surface area contributed by atoms with E-state index in [1.807, 2.05) is 18.2 Å². The van der Waals surface area contributed by atoms with Crippen LogP contribution in [0.15, 0.2) is 24.3 Å². The number of hydrogen-bond donors (Lipinski definition) is 1. The maximum absolute atomic E-state index is 9.94. The van der Waals surface area contributed by atoms with E-state index in [0.717, 1.165) is 12.0 Å². The zero-order chi connectivity index (χ0) is 9.52. The number of nitriles is 1. The Balaban J connectivity index is 2.50. The fourth-order valence-corrected chi connectivity index (χ4v) is 1.02. The van der Waals surface area contributed by atoms with Crippen LogP contribution in [0.2, 0.25) is 0 Å². The SMILES string of the molecule is N#Cc1ccc(CCNC=O)cc1. The van der Waals surface area contributed by atoms with E-state index in [4.69, 9.17) is 5.26 Å². The summed E-state index contributed by atoms with van der Waals surface area (Å²) in [5.74, 6) is 0. The molecule has 0 spiro atoms. The average Bonchev–Trinajstić information content (AvgIpc) is 2.19. The van der Waals surface area contributed by atoms with Crippen molar-refractivity contribution in [2.45, 2.75) is 6.42 Å². The predicted octanol–water partition coefficient (Wildman–Crippen LogP) is 0.847. The van der Waals surface area contributed by atoms with Crippen molar-refractivity contribution in [3.8, 4) is 6.07 Å². The van der Waals surface area contributed by atoms with Gasteiger partial charge >= 0.3 is 0 Å². The lowest BCUT2D eigenvalue weighted by Gasteiger charge is -1.99. The second-order valence-electron chi connectivity index (χ2n) is 2.63. The van der Waals surface area contributed by atoms with Crippen LogP contribution in [0.25, 0.3) is 0 Å². The Morgan fingerprint density at radius 2 is 2.08 bits per heavy atom. The van der Waals surface area contributed by atoms with E-state index < -0.39 is 0 Å². The number of nitrogens with one attached hydrogen (secondary N) is 1. The van der Waals surface area contributed by atoms with Crippen LogP contribution in [-0.4, -0.2) is 13.0 Å². The Bertz CT molecular complexity index is 311. The van der Waals surface area contributed by atoms with E-state index >= 15 is 0 Å². The van der Waals surface area contributed by atoms with Crippen LogP contribution < -0.4 is 5.32 Å². The molecule has 66 valence electrons. The van der Waals surface area contributed by atoms with Crippen molar-refractivity contribution in [3.05, 3.63) is 35.4 Å². The monoisotopic (exact) mass is 174 g/mol. The van der Waals surface area contributed by atoms with Crippen molar-refractivity contribution in [1.29, 1.82) is 5.26 Å². The van der Waals surface area contributed by atoms with Crippen LogP contribution in [0.5, 0.6) is 0 Å². The van der Waals surface area contributed by atoms with Gasteiger partial charge in [0, 0.05) is 6.54 Å². The van der Waals surface area contributed by atoms with Gasteiger partial charge in [0.15, 0.2) is 0 Å². The Kier molecular flexibility index (Phi) is 3.52. The molecule has 0 saturated carbocycles. The number of amides is 1. The molecule has 1 rings (SSSR count). The zero-order valence-corrected chi connectivity index (χ0v) is 7.16. The number of rotatable bonds is 4. The van der Waals surface area contributed by atoms with Crippen molar-refractivity contribution in [1.82, 2.24) is 5.32 Å². The minimum Gasteiger partial charge on any atom is -0.358 e. The van der Waals surface area contributed by atoms with Crippen molar-refractivity contribution in [2.75, 3.05) is 6.54 Å². The van der Waals surface area contributed by atoms with Crippen molar-refractivity contribution < 1.29 is 4.79 Å². The quantitative estimate of drug-likeness (QED) is 0.543. The summed E-state index contributed by atoms with van der Waals surface area (Å²) >= 11 is 0. The molecule has 0 atom stereocenters. The molecule has 3 heteroatoms. The van der Waals surface area contributed by atoms with Crippen LogP contribution in [0.4, 0.5) is 0 Å². The molecule has 0 aliphatic carbocycles. The topological polar surface area (TPSA) is 52.9 Å². The lowest BCUT2D eigenvalue weighted by molar-refractivity contribution is -0.109. The van der Waals surface area contributed by atoms with Crippen LogP contribution in [0, 0.1) is 11.3 Å². The molecule has 0 heterocycles. The van der Waals surface area contributed by atoms with Crippen molar-refractivity contribution >= 4 is 6.41 Å². The van der Waals surface area contributed by atoms with Gasteiger partial charge in [0.25, 0.3) is 0 Å². The molecular weight excluding hydrogens is 164 g/mol. The summed E-state index contributed by atoms with van der Waals surface area (Å²) in [4.78, 5) is 9.94. The third kappa shape index (κ3) is 2.96. The summed E-state index contributed by atoms with van der Waals surface area (Å²) in [5, 5.41) is 11.1. The molecule has 1 amide bonds. The van der Waals surface area contributed by atoms with Crippen LogP contribution in [-0.2, 0) is 11.2 Å². The number of benzene rings is 1. The molecule has 0 unspecified atom stereocenters. The van der Waals surface area contributed by atoms with E-state index in [1.165, 1.54) is 0 Å². The predicted molar refractivity (Wildman–Crippen MR) is 48.9 cm³/mol. The highest BCUT2D eigenvalue weighted by Gasteiger charge is 1.92. The largest absolute Gasteiger partial charge is 0.358 e. The van der Waals surface area contributed by atoms with Gasteiger partial charge in [-0.2, -0.15) is 5.26 Å². The summed E-state index contributed by atoms with van der Waals surface area (Å²) in [5.41, 5.74) is 1.78. The highest BCUT2D eigenvalue weighted by atomic mass is 16.1. The first-order valence-electron chi connectivity index (χ1n) is 4.03. The average molecular weight is 174 g/mol. The maximum atomic E-state index is 9.94. The first-order chi connectivity index (χ1) is 6.36. The zero-order valence-electron chi connectivity index (χ0n) is 7.16. The first kappa shape index (κ1) is 9.27. The Labute approximate surface area is 77.0 Å². The van der Waals surface area contributed by atoms with Crippen LogP contribution in [0.3, 0.4) is 0 Å². The van der Waals surface area contributed by atoms with Gasteiger partial charge < -0.3 is 5.32 Å². The van der Waals surface area contributed by atoms with Crippen LogP contribution >= 0.6 is 0 Å². The second-order valence-corrected chi connectivity index (χ2v) is 2.63. The van der Waals surface area contributed by atoms with Gasteiger partial charge in [-0.15, -0.1) is 0 Å². The smallest absolute Gasteiger partial charge is 0.207 e. The molecule has 13 heavy (non-hydrogen) atoms. The van der Waals surface area contributed by atoms with Crippen LogP contribution in [0.1, 0.15) is 11.1 Å². The summed E-state index contributed by atoms with van der Waals surface area (Å²) in [6.45, 7) is 0.634. The van der Waals surface area contributed by atoms with Gasteiger partial charge in [0.1, 0.15) is 0 Å². The molecule has 0 fully saturated rings. The standard InChI is InChI=1S/C10H10N2O/c11-7-10-3-1-9(2-4-10)5-6-12-8-13/h1-4,8H,5-6H2,(H,12,13). The number of nitrogens with zero attached hydrogens (tertiary/aromatic N) is 1. The highest BCUT2D eigenvalue weighted by Crippen LogP contribution is 2.03. The van der Waals surface area contributed by atoms with Crippen molar-refractivity contribution in [3.63, 3.8) is 0 Å². The fraction of sp³-hybridized carbons (Fsp3) is 0.200. The number of hydrogen-bond acceptors (Lipinski definition) is 2. The molecule has 1 N–H and O–H groups in total. The maximum Gasteiger partial charge on any atom is 0.207 e. The third-order valence-electron chi connectivity index (χ3n) is 1.72. The molecule has 0 radical (unpaired) electrons. The van der Waals surface area contributed by atoms with Gasteiger partial charge in [-0.3, -0.25) is 4.79 Å². The van der Waals surface area contributed by atoms with Gasteiger partial charge in [-0.05, 0) is 24.1 Å². The molecule has 3 nitrogen and oxygen atoms in total. The summed E-state index contributed by atoms with van der Waals surface area (Å²) in [7, 11) is 0. The van der Waals surface area contributed by atoms with Gasteiger partial charge in [0.05, 0.1) is 11.6 Å². The Hall–Kier alpha value is -1.82. The Morgan fingerprint density at radius 3 is 2.62 bits per heavy atom. The Morgan fingerprint density at radius 1 is 1.38 bits per heavy atom. The normalized spacial score (nSPS) is 8.85. The minimum atomic E-state index is 0.634. The number of carbonyl (C=O) groups is 1. The van der Waals surface area contributed by atoms with E-state index in [0.29, 0.717) is 18.5 Å². The lowest BCUT2D eigenvalue weighted by Crippen LogP contribution is -2.14. The molecule has 0 saturated heterocycles. The lowest BCUT2D eigenvalue weighted by atomic mass is 10.1. The summed E-state index contributed by atoms with van der Waals surface area (Å²) in [6, 6.07) is 9.39. The molecule has 0 bridgehead atoms. The van der Waals surface area contributed by atoms with Gasteiger partial charge in [-0.1, -0.05) is 12.1 Å². The first-order valence-corrected chi connectivity index (χ1v) is 4.03. The van der Waals surface area contributed by atoms with Gasteiger partial charge in [-0.25, -0.2) is 0 Å². The van der Waals surface area contributed by atoms with E-state index in [1.54, 1.807) is 12.1 Å². The van der Waals surface area contributed by atoms with E-state index in [9.17, 15) is 4.79 Å².